The first-order valence-corrected chi connectivity index (χ1v) is 6.95. The molecule has 0 heterocycles. The van der Waals surface area contributed by atoms with Crippen LogP contribution in [0.2, 0.25) is 0 Å². The zero-order valence-corrected chi connectivity index (χ0v) is 13.4. The van der Waals surface area contributed by atoms with Crippen LogP contribution in [0.5, 0.6) is 0 Å². The van der Waals surface area contributed by atoms with Gasteiger partial charge in [-0.15, -0.1) is 0 Å². The van der Waals surface area contributed by atoms with Gasteiger partial charge in [0.05, 0.1) is 6.61 Å². The lowest BCUT2D eigenvalue weighted by Gasteiger charge is -2.08. The average molecular weight is 360 g/mol. The number of ketones is 1. The number of carbonyl (C=O) groups is 3. The number of benzene rings is 1. The maximum Gasteiger partial charge on any atom is 0.342 e. The van der Waals surface area contributed by atoms with Gasteiger partial charge in [-0.25, -0.2) is 18.0 Å². The van der Waals surface area contributed by atoms with Gasteiger partial charge in [0.1, 0.15) is 12.2 Å². The molecule has 0 unspecified atom stereocenters. The van der Waals surface area contributed by atoms with Crippen LogP contribution in [0.4, 0.5) is 13.2 Å². The average Bonchev–Trinajstić information content (AvgIpc) is 2.57. The van der Waals surface area contributed by atoms with Crippen molar-refractivity contribution in [2.24, 2.45) is 0 Å². The lowest BCUT2D eigenvalue weighted by Crippen LogP contribution is -2.22. The lowest BCUT2D eigenvalue weighted by molar-refractivity contribution is -0.147. The summed E-state index contributed by atoms with van der Waals surface area (Å²) in [6.45, 7) is 0.0822. The van der Waals surface area contributed by atoms with Crippen LogP contribution in [0.15, 0.2) is 17.7 Å². The molecule has 0 amide bonds. The van der Waals surface area contributed by atoms with Crippen LogP contribution in [0.1, 0.15) is 12.5 Å². The van der Waals surface area contributed by atoms with Crippen molar-refractivity contribution in [2.75, 3.05) is 26.9 Å². The fourth-order valence-corrected chi connectivity index (χ4v) is 1.60. The standard InChI is InChI=1S/C16H15F3O6/c1-9(20)25-8-13(21)11(16(22)24-6-5-23-2)7-10-3-4-12(17)15(19)14(10)18/h3-4,7H,5-6,8H2,1-2H3/b11-7-. The van der Waals surface area contributed by atoms with Gasteiger partial charge in [0.25, 0.3) is 0 Å². The van der Waals surface area contributed by atoms with E-state index in [-0.39, 0.29) is 13.2 Å². The Morgan fingerprint density at radius 2 is 1.72 bits per heavy atom. The molecule has 1 aromatic carbocycles. The Labute approximate surface area is 141 Å². The Morgan fingerprint density at radius 3 is 2.32 bits per heavy atom. The highest BCUT2D eigenvalue weighted by atomic mass is 19.2. The van der Waals surface area contributed by atoms with Gasteiger partial charge in [0.15, 0.2) is 24.1 Å². The van der Waals surface area contributed by atoms with Crippen LogP contribution in [0, 0.1) is 17.5 Å². The monoisotopic (exact) mass is 360 g/mol. The maximum atomic E-state index is 13.7. The smallest absolute Gasteiger partial charge is 0.342 e. The summed E-state index contributed by atoms with van der Waals surface area (Å²) < 4.78 is 53.9. The third kappa shape index (κ3) is 6.03. The van der Waals surface area contributed by atoms with Gasteiger partial charge < -0.3 is 14.2 Å². The number of rotatable bonds is 8. The van der Waals surface area contributed by atoms with Gasteiger partial charge in [-0.05, 0) is 18.2 Å². The van der Waals surface area contributed by atoms with E-state index in [4.69, 9.17) is 4.74 Å². The Morgan fingerprint density at radius 1 is 1.04 bits per heavy atom. The third-order valence-electron chi connectivity index (χ3n) is 2.81. The molecule has 0 atom stereocenters. The highest BCUT2D eigenvalue weighted by molar-refractivity contribution is 6.21. The van der Waals surface area contributed by atoms with Crippen LogP contribution in [0.25, 0.3) is 6.08 Å². The summed E-state index contributed by atoms with van der Waals surface area (Å²) >= 11 is 0. The number of esters is 2. The van der Waals surface area contributed by atoms with Crippen molar-refractivity contribution in [1.29, 1.82) is 0 Å². The van der Waals surface area contributed by atoms with Gasteiger partial charge in [0.2, 0.25) is 5.78 Å². The van der Waals surface area contributed by atoms with Crippen molar-refractivity contribution in [3.05, 3.63) is 40.7 Å². The first-order valence-electron chi connectivity index (χ1n) is 6.95. The SMILES string of the molecule is COCCOC(=O)/C(=C\c1ccc(F)c(F)c1F)C(=O)COC(C)=O. The van der Waals surface area contributed by atoms with Crippen molar-refractivity contribution in [3.8, 4) is 0 Å². The molecule has 0 aromatic heterocycles. The second-order valence-corrected chi connectivity index (χ2v) is 4.65. The quantitative estimate of drug-likeness (QED) is 0.176. The summed E-state index contributed by atoms with van der Waals surface area (Å²) in [6.07, 6.45) is 0.693. The summed E-state index contributed by atoms with van der Waals surface area (Å²) in [4.78, 5) is 34.8. The van der Waals surface area contributed by atoms with Crippen molar-refractivity contribution in [2.45, 2.75) is 6.92 Å². The van der Waals surface area contributed by atoms with Crippen LogP contribution in [0.3, 0.4) is 0 Å². The number of ether oxygens (including phenoxy) is 3. The van der Waals surface area contributed by atoms with Crippen molar-refractivity contribution >= 4 is 23.8 Å². The molecule has 0 radical (unpaired) electrons. The molecule has 1 aromatic rings. The number of methoxy groups -OCH3 is 1. The van der Waals surface area contributed by atoms with E-state index in [0.717, 1.165) is 13.0 Å². The van der Waals surface area contributed by atoms with Gasteiger partial charge in [-0.2, -0.15) is 0 Å². The molecule has 0 bridgehead atoms. The van der Waals surface area contributed by atoms with Crippen molar-refractivity contribution < 1.29 is 41.8 Å². The summed E-state index contributed by atoms with van der Waals surface area (Å²) in [5.41, 5.74) is -1.24. The van der Waals surface area contributed by atoms with E-state index in [1.165, 1.54) is 7.11 Å². The zero-order chi connectivity index (χ0) is 19.0. The molecule has 1 rings (SSSR count). The van der Waals surface area contributed by atoms with Gasteiger partial charge in [-0.3, -0.25) is 9.59 Å². The Bertz CT molecular complexity index is 699. The number of hydrogen-bond acceptors (Lipinski definition) is 6. The van der Waals surface area contributed by atoms with Crippen molar-refractivity contribution in [1.82, 2.24) is 0 Å². The molecule has 9 heteroatoms. The van der Waals surface area contributed by atoms with E-state index in [9.17, 15) is 27.6 Å². The molecule has 0 fully saturated rings. The van der Waals surface area contributed by atoms with Crippen LogP contribution < -0.4 is 0 Å². The largest absolute Gasteiger partial charge is 0.460 e. The maximum absolute atomic E-state index is 13.7. The minimum absolute atomic E-state index is 0.0384. The molecule has 0 saturated carbocycles. The minimum Gasteiger partial charge on any atom is -0.460 e. The van der Waals surface area contributed by atoms with E-state index in [0.29, 0.717) is 12.1 Å². The predicted octanol–water partition coefficient (Wildman–Crippen LogP) is 1.81. The highest BCUT2D eigenvalue weighted by Gasteiger charge is 2.22. The lowest BCUT2D eigenvalue weighted by atomic mass is 10.1. The third-order valence-corrected chi connectivity index (χ3v) is 2.81. The fourth-order valence-electron chi connectivity index (χ4n) is 1.60. The minimum atomic E-state index is -1.76. The molecule has 0 aliphatic heterocycles. The number of carbonyl (C=O) groups excluding carboxylic acids is 3. The van der Waals surface area contributed by atoms with E-state index < -0.39 is 52.9 Å². The molecule has 0 spiro atoms. The topological polar surface area (TPSA) is 78.9 Å². The summed E-state index contributed by atoms with van der Waals surface area (Å²) in [7, 11) is 1.35. The molecule has 0 aliphatic rings. The fraction of sp³-hybridized carbons (Fsp3) is 0.312. The summed E-state index contributed by atoms with van der Waals surface area (Å²) in [5.74, 6) is -7.69. The second kappa shape index (κ2) is 9.58. The Balaban J connectivity index is 3.16. The van der Waals surface area contributed by atoms with E-state index in [2.05, 4.69) is 9.47 Å². The Hall–Kier alpha value is -2.68. The molecule has 25 heavy (non-hydrogen) atoms. The van der Waals surface area contributed by atoms with E-state index >= 15 is 0 Å². The summed E-state index contributed by atoms with van der Waals surface area (Å²) in [5, 5.41) is 0. The van der Waals surface area contributed by atoms with E-state index in [1.807, 2.05) is 0 Å². The van der Waals surface area contributed by atoms with Gasteiger partial charge in [-0.1, -0.05) is 0 Å². The predicted molar refractivity (Wildman–Crippen MR) is 78.8 cm³/mol. The molecule has 0 aliphatic carbocycles. The first kappa shape index (κ1) is 20.4. The molecular weight excluding hydrogens is 345 g/mol. The van der Waals surface area contributed by atoms with Crippen molar-refractivity contribution in [3.63, 3.8) is 0 Å². The van der Waals surface area contributed by atoms with E-state index in [1.54, 1.807) is 0 Å². The van der Waals surface area contributed by atoms with Gasteiger partial charge >= 0.3 is 11.9 Å². The highest BCUT2D eigenvalue weighted by Crippen LogP contribution is 2.19. The zero-order valence-electron chi connectivity index (χ0n) is 13.4. The molecule has 136 valence electrons. The normalized spacial score (nSPS) is 11.2. The number of halogens is 3. The van der Waals surface area contributed by atoms with Gasteiger partial charge in [0, 0.05) is 19.6 Å². The van der Waals surface area contributed by atoms with Crippen LogP contribution >= 0.6 is 0 Å². The molecule has 0 saturated heterocycles. The first-order chi connectivity index (χ1) is 11.8. The van der Waals surface area contributed by atoms with Crippen LogP contribution in [-0.2, 0) is 28.6 Å². The van der Waals surface area contributed by atoms with Crippen LogP contribution in [-0.4, -0.2) is 44.7 Å². The second-order valence-electron chi connectivity index (χ2n) is 4.65. The Kier molecular flexibility index (Phi) is 7.80. The molecule has 0 N–H and O–H groups in total. The molecular formula is C16H15F3O6. The molecule has 6 nitrogen and oxygen atoms in total. The number of hydrogen-bond donors (Lipinski definition) is 0. The summed E-state index contributed by atoms with van der Waals surface area (Å²) in [6, 6.07) is 1.48. The number of Topliss-reactive ketones (excluding diaryl/α,β-unsaturated/α-hetero) is 1.